The Morgan fingerprint density at radius 1 is 0.905 bits per heavy atom. The molecule has 21 heavy (non-hydrogen) atoms. The molecule has 2 rings (SSSR count). The average Bonchev–Trinajstić information content (AvgIpc) is 2.48. The molecule has 6 heteroatoms. The Morgan fingerprint density at radius 2 is 1.48 bits per heavy atom. The second-order valence-corrected chi connectivity index (χ2v) is 6.09. The van der Waals surface area contributed by atoms with Gasteiger partial charge in [0, 0.05) is 21.7 Å². The summed E-state index contributed by atoms with van der Waals surface area (Å²) in [4.78, 5) is -0.644. The number of alkyl halides is 1. The maximum Gasteiger partial charge on any atom is 0.163 e. The van der Waals surface area contributed by atoms with Gasteiger partial charge in [0.2, 0.25) is 0 Å². The molecule has 2 aromatic carbocycles. The third-order valence-corrected chi connectivity index (χ3v) is 4.49. The quantitative estimate of drug-likeness (QED) is 0.629. The van der Waals surface area contributed by atoms with Gasteiger partial charge in [-0.1, -0.05) is 31.9 Å². The Kier molecular flexibility index (Phi) is 5.22. The molecular weight excluding hydrogens is 410 g/mol. The van der Waals surface area contributed by atoms with Gasteiger partial charge in [-0.2, -0.15) is 0 Å². The van der Waals surface area contributed by atoms with Crippen molar-refractivity contribution in [2.24, 2.45) is 0 Å². The Hall–Kier alpha value is -1.14. The number of ether oxygens (including phenoxy) is 2. The molecule has 0 radical (unpaired) electrons. The molecule has 2 aromatic rings. The van der Waals surface area contributed by atoms with E-state index in [1.807, 2.05) is 0 Å². The normalized spacial score (nSPS) is 12.1. The molecule has 0 bridgehead atoms. The first-order valence-electron chi connectivity index (χ1n) is 5.98. The molecule has 0 heterocycles. The van der Waals surface area contributed by atoms with E-state index in [4.69, 9.17) is 9.47 Å². The fourth-order valence-corrected chi connectivity index (χ4v) is 3.02. The highest BCUT2D eigenvalue weighted by Gasteiger charge is 2.21. The summed E-state index contributed by atoms with van der Waals surface area (Å²) >= 11 is 6.62. The number of halogens is 4. The van der Waals surface area contributed by atoms with E-state index >= 15 is 0 Å². The van der Waals surface area contributed by atoms with Gasteiger partial charge >= 0.3 is 0 Å². The fraction of sp³-hybridized carbons (Fsp3) is 0.200. The highest BCUT2D eigenvalue weighted by Crippen LogP contribution is 2.39. The molecule has 0 saturated heterocycles. The predicted octanol–water partition coefficient (Wildman–Crippen LogP) is 5.23. The summed E-state index contributed by atoms with van der Waals surface area (Å²) in [6, 6.07) is 7.23. The van der Waals surface area contributed by atoms with Gasteiger partial charge in [0.25, 0.3) is 0 Å². The average molecular weight is 422 g/mol. The third kappa shape index (κ3) is 3.37. The molecule has 112 valence electrons. The molecule has 1 atom stereocenters. The highest BCUT2D eigenvalue weighted by molar-refractivity contribution is 9.10. The van der Waals surface area contributed by atoms with Crippen molar-refractivity contribution in [1.29, 1.82) is 0 Å². The Labute approximate surface area is 138 Å². The van der Waals surface area contributed by atoms with E-state index in [1.165, 1.54) is 32.4 Å². The SMILES string of the molecule is COc1cc(F)c(C(Br)c2cc(Br)ccc2F)cc1OC. The maximum absolute atomic E-state index is 14.2. The van der Waals surface area contributed by atoms with Gasteiger partial charge in [-0.25, -0.2) is 8.78 Å². The van der Waals surface area contributed by atoms with Crippen LogP contribution in [0.25, 0.3) is 0 Å². The van der Waals surface area contributed by atoms with Crippen LogP contribution in [0.5, 0.6) is 11.5 Å². The van der Waals surface area contributed by atoms with Gasteiger partial charge in [-0.05, 0) is 24.3 Å². The standard InChI is InChI=1S/C15H12Br2F2O2/c1-20-13-6-10(12(19)7-14(13)21-2)15(17)9-5-8(16)3-4-11(9)18/h3-7,15H,1-2H3. The van der Waals surface area contributed by atoms with Crippen molar-refractivity contribution in [3.05, 3.63) is 57.6 Å². The van der Waals surface area contributed by atoms with Gasteiger partial charge in [0.05, 0.1) is 19.0 Å². The highest BCUT2D eigenvalue weighted by atomic mass is 79.9. The van der Waals surface area contributed by atoms with Gasteiger partial charge < -0.3 is 9.47 Å². The monoisotopic (exact) mass is 420 g/mol. The van der Waals surface area contributed by atoms with Crippen molar-refractivity contribution in [3.8, 4) is 11.5 Å². The Bertz CT molecular complexity index is 662. The molecule has 2 nitrogen and oxygen atoms in total. The Morgan fingerprint density at radius 3 is 2.10 bits per heavy atom. The van der Waals surface area contributed by atoms with Gasteiger partial charge in [0.1, 0.15) is 11.6 Å². The lowest BCUT2D eigenvalue weighted by atomic mass is 10.0. The van der Waals surface area contributed by atoms with Crippen LogP contribution in [0.2, 0.25) is 0 Å². The summed E-state index contributed by atoms with van der Waals surface area (Å²) in [6.45, 7) is 0. The molecule has 0 aliphatic carbocycles. The summed E-state index contributed by atoms with van der Waals surface area (Å²) in [6.07, 6.45) is 0. The van der Waals surface area contributed by atoms with Crippen LogP contribution in [0.15, 0.2) is 34.8 Å². The molecule has 0 saturated carbocycles. The Balaban J connectivity index is 2.52. The van der Waals surface area contributed by atoms with Gasteiger partial charge in [-0.15, -0.1) is 0 Å². The van der Waals surface area contributed by atoms with E-state index in [1.54, 1.807) is 12.1 Å². The van der Waals surface area contributed by atoms with Crippen LogP contribution in [-0.2, 0) is 0 Å². The minimum Gasteiger partial charge on any atom is -0.493 e. The van der Waals surface area contributed by atoms with Crippen LogP contribution in [0, 0.1) is 11.6 Å². The molecule has 0 spiro atoms. The van der Waals surface area contributed by atoms with E-state index in [9.17, 15) is 8.78 Å². The number of rotatable bonds is 4. The number of benzene rings is 2. The summed E-state index contributed by atoms with van der Waals surface area (Å²) in [7, 11) is 2.89. The van der Waals surface area contributed by atoms with Crippen LogP contribution in [0.1, 0.15) is 16.0 Å². The first-order valence-corrected chi connectivity index (χ1v) is 7.69. The van der Waals surface area contributed by atoms with E-state index in [2.05, 4.69) is 31.9 Å². The minimum atomic E-state index is -0.644. The summed E-state index contributed by atoms with van der Waals surface area (Å²) in [5, 5.41) is 0. The zero-order chi connectivity index (χ0) is 15.6. The second-order valence-electron chi connectivity index (χ2n) is 4.26. The number of methoxy groups -OCH3 is 2. The van der Waals surface area contributed by atoms with Gasteiger partial charge in [0.15, 0.2) is 11.5 Å². The molecular formula is C15H12Br2F2O2. The molecule has 0 aliphatic rings. The third-order valence-electron chi connectivity index (χ3n) is 3.01. The molecule has 0 fully saturated rings. The van der Waals surface area contributed by atoms with Crippen LogP contribution < -0.4 is 9.47 Å². The molecule has 0 aromatic heterocycles. The van der Waals surface area contributed by atoms with Crippen molar-refractivity contribution >= 4 is 31.9 Å². The smallest absolute Gasteiger partial charge is 0.163 e. The van der Waals surface area contributed by atoms with Crippen LogP contribution in [0.4, 0.5) is 8.78 Å². The van der Waals surface area contributed by atoms with E-state index in [0.717, 1.165) is 0 Å². The molecule has 0 aliphatic heterocycles. The van der Waals surface area contributed by atoms with Crippen LogP contribution >= 0.6 is 31.9 Å². The lowest BCUT2D eigenvalue weighted by Crippen LogP contribution is -2.02. The first kappa shape index (κ1) is 16.2. The lowest BCUT2D eigenvalue weighted by Gasteiger charge is -2.16. The summed E-state index contributed by atoms with van der Waals surface area (Å²) in [5.41, 5.74) is 0.597. The first-order chi connectivity index (χ1) is 9.97. The van der Waals surface area contributed by atoms with Crippen molar-refractivity contribution in [1.82, 2.24) is 0 Å². The zero-order valence-corrected chi connectivity index (χ0v) is 14.5. The number of hydrogen-bond acceptors (Lipinski definition) is 2. The molecule has 1 unspecified atom stereocenters. The molecule has 0 amide bonds. The largest absolute Gasteiger partial charge is 0.493 e. The maximum atomic E-state index is 14.2. The fourth-order valence-electron chi connectivity index (χ4n) is 1.94. The topological polar surface area (TPSA) is 18.5 Å². The van der Waals surface area contributed by atoms with E-state index in [0.29, 0.717) is 15.8 Å². The van der Waals surface area contributed by atoms with Crippen LogP contribution in [-0.4, -0.2) is 14.2 Å². The van der Waals surface area contributed by atoms with Crippen molar-refractivity contribution in [2.75, 3.05) is 14.2 Å². The van der Waals surface area contributed by atoms with Gasteiger partial charge in [-0.3, -0.25) is 0 Å². The van der Waals surface area contributed by atoms with Crippen LogP contribution in [0.3, 0.4) is 0 Å². The van der Waals surface area contributed by atoms with Crippen molar-refractivity contribution in [3.63, 3.8) is 0 Å². The predicted molar refractivity (Wildman–Crippen MR) is 84.4 cm³/mol. The lowest BCUT2D eigenvalue weighted by molar-refractivity contribution is 0.351. The van der Waals surface area contributed by atoms with Crippen molar-refractivity contribution < 1.29 is 18.3 Å². The van der Waals surface area contributed by atoms with Crippen molar-refractivity contribution in [2.45, 2.75) is 4.83 Å². The minimum absolute atomic E-state index is 0.268. The van der Waals surface area contributed by atoms with E-state index in [-0.39, 0.29) is 11.3 Å². The van der Waals surface area contributed by atoms with E-state index < -0.39 is 16.5 Å². The summed E-state index contributed by atoms with van der Waals surface area (Å²) < 4.78 is 39.1. The molecule has 0 N–H and O–H groups in total. The second kappa shape index (κ2) is 6.75. The number of hydrogen-bond donors (Lipinski definition) is 0. The zero-order valence-electron chi connectivity index (χ0n) is 11.3. The summed E-state index contributed by atoms with van der Waals surface area (Å²) in [5.74, 6) is -0.259.